The molecule has 8 N–H and O–H groups in total. The highest BCUT2D eigenvalue weighted by atomic mass is 32.3. The summed E-state index contributed by atoms with van der Waals surface area (Å²) in [4.78, 5) is 12.4. The fourth-order valence-corrected chi connectivity index (χ4v) is 4.93. The van der Waals surface area contributed by atoms with Gasteiger partial charge in [-0.15, -0.1) is 0 Å². The van der Waals surface area contributed by atoms with E-state index in [4.69, 9.17) is 23.5 Å². The van der Waals surface area contributed by atoms with Gasteiger partial charge in [-0.2, -0.15) is 8.42 Å². The zero-order valence-electron chi connectivity index (χ0n) is 22.1. The SMILES string of the molecule is O=C(C=Cc1ccc(OC2OC(CO)C(O)C(O)C2OC2OCC(O)(CO)C2OS(=O)(=O)O)cc1)c1ccc(O)cc1O. The quantitative estimate of drug-likeness (QED) is 0.0795. The van der Waals surface area contributed by atoms with Gasteiger partial charge in [0.2, 0.25) is 6.29 Å². The van der Waals surface area contributed by atoms with E-state index >= 15 is 0 Å². The van der Waals surface area contributed by atoms with E-state index in [0.29, 0.717) is 5.56 Å². The third-order valence-electron chi connectivity index (χ3n) is 6.70. The van der Waals surface area contributed by atoms with Crippen molar-refractivity contribution in [3.63, 3.8) is 0 Å². The summed E-state index contributed by atoms with van der Waals surface area (Å²) >= 11 is 0. The molecule has 8 unspecified atom stereocenters. The smallest absolute Gasteiger partial charge is 0.397 e. The number of carbonyl (C=O) groups excluding carboxylic acids is 1. The van der Waals surface area contributed by atoms with Crippen molar-refractivity contribution < 1.29 is 76.6 Å². The van der Waals surface area contributed by atoms with Crippen LogP contribution in [-0.2, 0) is 28.8 Å². The van der Waals surface area contributed by atoms with Gasteiger partial charge in [-0.3, -0.25) is 9.35 Å². The molecule has 2 fully saturated rings. The minimum Gasteiger partial charge on any atom is -0.508 e. The van der Waals surface area contributed by atoms with Gasteiger partial charge in [-0.25, -0.2) is 4.18 Å². The normalized spacial score (nSPS) is 31.3. The summed E-state index contributed by atoms with van der Waals surface area (Å²) < 4.78 is 58.5. The van der Waals surface area contributed by atoms with Gasteiger partial charge >= 0.3 is 10.4 Å². The number of carbonyl (C=O) groups is 1. The number of phenols is 2. The number of hydrogen-bond donors (Lipinski definition) is 8. The Labute approximate surface area is 244 Å². The molecule has 2 aliphatic rings. The lowest BCUT2D eigenvalue weighted by Gasteiger charge is -2.42. The second kappa shape index (κ2) is 13.2. The minimum absolute atomic E-state index is 0.0263. The average molecular weight is 631 g/mol. The molecule has 0 aromatic heterocycles. The standard InChI is InChI=1S/C26H30O16S/c27-10-19-20(32)21(33)22(41-25-23(42-43(35,36)37)26(34,11-28)12-38-25)24(40-19)39-15-5-1-13(2-6-15)3-8-17(30)16-7-4-14(29)9-18(16)31/h1-9,19-25,27-29,31-34H,10-12H2,(H,35,36,37). The predicted molar refractivity (Wildman–Crippen MR) is 141 cm³/mol. The summed E-state index contributed by atoms with van der Waals surface area (Å²) in [5.41, 5.74) is -1.84. The molecule has 0 bridgehead atoms. The van der Waals surface area contributed by atoms with E-state index in [1.165, 1.54) is 48.6 Å². The van der Waals surface area contributed by atoms with E-state index < -0.39 is 90.5 Å². The Kier molecular flexibility index (Phi) is 10.0. The fourth-order valence-electron chi connectivity index (χ4n) is 4.39. The molecular formula is C26H30O16S. The number of benzene rings is 2. The van der Waals surface area contributed by atoms with Crippen LogP contribution < -0.4 is 4.74 Å². The lowest BCUT2D eigenvalue weighted by Crippen LogP contribution is -2.62. The molecule has 2 aliphatic heterocycles. The number of aliphatic hydroxyl groups is 5. The molecular weight excluding hydrogens is 600 g/mol. The van der Waals surface area contributed by atoms with Crippen molar-refractivity contribution in [3.05, 3.63) is 59.7 Å². The fraction of sp³-hybridized carbons (Fsp3) is 0.423. The van der Waals surface area contributed by atoms with Gasteiger partial charge in [0.05, 0.1) is 25.4 Å². The Bertz CT molecular complexity index is 1410. The molecule has 17 heteroatoms. The van der Waals surface area contributed by atoms with Crippen molar-refractivity contribution in [1.29, 1.82) is 0 Å². The van der Waals surface area contributed by atoms with Crippen molar-refractivity contribution in [2.45, 2.75) is 48.7 Å². The number of phenolic OH excluding ortho intramolecular Hbond substituents is 2. The molecule has 236 valence electrons. The van der Waals surface area contributed by atoms with E-state index in [2.05, 4.69) is 4.18 Å². The molecule has 0 saturated carbocycles. The van der Waals surface area contributed by atoms with Gasteiger partial charge in [-0.05, 0) is 35.9 Å². The molecule has 0 radical (unpaired) electrons. The van der Waals surface area contributed by atoms with E-state index in [1.54, 1.807) is 0 Å². The summed E-state index contributed by atoms with van der Waals surface area (Å²) in [6.07, 6.45) is -9.31. The largest absolute Gasteiger partial charge is 0.508 e. The van der Waals surface area contributed by atoms with Crippen LogP contribution in [0.5, 0.6) is 17.2 Å². The Hall–Kier alpha value is -3.20. The lowest BCUT2D eigenvalue weighted by atomic mass is 9.98. The Balaban J connectivity index is 1.51. The van der Waals surface area contributed by atoms with E-state index in [1.807, 2.05) is 0 Å². The molecule has 43 heavy (non-hydrogen) atoms. The van der Waals surface area contributed by atoms with Gasteiger partial charge in [0.1, 0.15) is 41.2 Å². The summed E-state index contributed by atoms with van der Waals surface area (Å²) in [6.45, 7) is -2.50. The Morgan fingerprint density at radius 2 is 1.74 bits per heavy atom. The first kappa shape index (κ1) is 32.7. The summed E-state index contributed by atoms with van der Waals surface area (Å²) in [6, 6.07) is 9.48. The third-order valence-corrected chi connectivity index (χ3v) is 7.15. The van der Waals surface area contributed by atoms with Crippen LogP contribution in [0.3, 0.4) is 0 Å². The average Bonchev–Trinajstić information content (AvgIpc) is 3.25. The Morgan fingerprint density at radius 1 is 1.05 bits per heavy atom. The minimum atomic E-state index is -5.18. The maximum atomic E-state index is 12.4. The van der Waals surface area contributed by atoms with Gasteiger partial charge in [0.15, 0.2) is 24.3 Å². The monoisotopic (exact) mass is 630 g/mol. The van der Waals surface area contributed by atoms with Crippen molar-refractivity contribution in [2.75, 3.05) is 19.8 Å². The van der Waals surface area contributed by atoms with Crippen LogP contribution in [0.25, 0.3) is 6.08 Å². The lowest BCUT2D eigenvalue weighted by molar-refractivity contribution is -0.317. The third kappa shape index (κ3) is 7.66. The molecule has 0 amide bonds. The molecule has 2 aromatic carbocycles. The van der Waals surface area contributed by atoms with Crippen molar-refractivity contribution in [3.8, 4) is 17.2 Å². The molecule has 4 rings (SSSR count). The van der Waals surface area contributed by atoms with E-state index in [-0.39, 0.29) is 17.1 Å². The number of ketones is 1. The summed E-state index contributed by atoms with van der Waals surface area (Å²) in [5.74, 6) is -1.02. The first-order chi connectivity index (χ1) is 20.2. The van der Waals surface area contributed by atoms with Crippen molar-refractivity contribution in [1.82, 2.24) is 0 Å². The maximum Gasteiger partial charge on any atom is 0.397 e. The molecule has 2 heterocycles. The topological polar surface area (TPSA) is 259 Å². The highest BCUT2D eigenvalue weighted by molar-refractivity contribution is 7.80. The number of ether oxygens (including phenoxy) is 4. The number of allylic oxidation sites excluding steroid dienone is 1. The van der Waals surface area contributed by atoms with Crippen molar-refractivity contribution in [2.24, 2.45) is 0 Å². The van der Waals surface area contributed by atoms with Crippen LogP contribution in [0.1, 0.15) is 15.9 Å². The van der Waals surface area contributed by atoms with Gasteiger partial charge in [-0.1, -0.05) is 18.2 Å². The van der Waals surface area contributed by atoms with E-state index in [9.17, 15) is 49.0 Å². The molecule has 0 aliphatic carbocycles. The van der Waals surface area contributed by atoms with Crippen molar-refractivity contribution >= 4 is 22.3 Å². The number of rotatable bonds is 11. The highest BCUT2D eigenvalue weighted by Crippen LogP contribution is 2.34. The Morgan fingerprint density at radius 3 is 2.35 bits per heavy atom. The van der Waals surface area contributed by atoms with E-state index in [0.717, 1.165) is 6.07 Å². The van der Waals surface area contributed by atoms with Gasteiger partial charge in [0, 0.05) is 6.07 Å². The predicted octanol–water partition coefficient (Wildman–Crippen LogP) is -1.54. The highest BCUT2D eigenvalue weighted by Gasteiger charge is 2.56. The van der Waals surface area contributed by atoms with Crippen LogP contribution >= 0.6 is 0 Å². The molecule has 8 atom stereocenters. The zero-order chi connectivity index (χ0) is 31.5. The number of hydrogen-bond acceptors (Lipinski definition) is 15. The van der Waals surface area contributed by atoms with Crippen LogP contribution in [-0.4, -0.2) is 123 Å². The van der Waals surface area contributed by atoms with Crippen LogP contribution in [0.15, 0.2) is 48.5 Å². The van der Waals surface area contributed by atoms with Crippen LogP contribution in [0.2, 0.25) is 0 Å². The van der Waals surface area contributed by atoms with Gasteiger partial charge in [0.25, 0.3) is 0 Å². The second-order valence-corrected chi connectivity index (χ2v) is 10.8. The number of aliphatic hydroxyl groups excluding tert-OH is 4. The molecule has 0 spiro atoms. The maximum absolute atomic E-state index is 12.4. The number of aromatic hydroxyl groups is 2. The summed E-state index contributed by atoms with van der Waals surface area (Å²) in [5, 5.41) is 70.0. The van der Waals surface area contributed by atoms with Gasteiger partial charge < -0.3 is 54.7 Å². The molecule has 2 saturated heterocycles. The molecule has 16 nitrogen and oxygen atoms in total. The first-order valence-corrected chi connectivity index (χ1v) is 14.0. The first-order valence-electron chi connectivity index (χ1n) is 12.6. The second-order valence-electron chi connectivity index (χ2n) is 9.78. The van der Waals surface area contributed by atoms with Crippen LogP contribution in [0, 0.1) is 0 Å². The molecule has 2 aromatic rings. The summed E-state index contributed by atoms with van der Waals surface area (Å²) in [7, 11) is -5.18. The zero-order valence-corrected chi connectivity index (χ0v) is 22.9. The van der Waals surface area contributed by atoms with Crippen LogP contribution in [0.4, 0.5) is 0 Å².